The molecule has 0 aromatic carbocycles. The van der Waals surface area contributed by atoms with E-state index in [4.69, 9.17) is 17.3 Å². The molecule has 1 aromatic rings. The second-order valence-corrected chi connectivity index (χ2v) is 4.51. The van der Waals surface area contributed by atoms with Crippen molar-refractivity contribution in [3.8, 4) is 0 Å². The van der Waals surface area contributed by atoms with E-state index in [2.05, 4.69) is 28.2 Å². The second-order valence-electron chi connectivity index (χ2n) is 4.12. The van der Waals surface area contributed by atoms with Crippen LogP contribution >= 0.6 is 11.6 Å². The Kier molecular flexibility index (Phi) is 3.74. The number of aromatic nitrogens is 1. The molecule has 0 amide bonds. The minimum absolute atomic E-state index is 0.427. The number of anilines is 1. The summed E-state index contributed by atoms with van der Waals surface area (Å²) < 4.78 is 0. The van der Waals surface area contributed by atoms with Gasteiger partial charge in [-0.25, -0.2) is 4.98 Å². The van der Waals surface area contributed by atoms with Gasteiger partial charge in [0, 0.05) is 25.6 Å². The number of hydrogen-bond acceptors (Lipinski definition) is 4. The molecule has 0 aliphatic carbocycles. The third-order valence-corrected chi connectivity index (χ3v) is 3.06. The Labute approximate surface area is 106 Å². The zero-order valence-electron chi connectivity index (χ0n) is 9.86. The van der Waals surface area contributed by atoms with Gasteiger partial charge < -0.3 is 16.0 Å². The van der Waals surface area contributed by atoms with Crippen LogP contribution in [0, 0.1) is 5.92 Å². The lowest BCUT2D eigenvalue weighted by Gasteiger charge is -2.24. The van der Waals surface area contributed by atoms with Crippen LogP contribution in [0.4, 0.5) is 5.82 Å². The van der Waals surface area contributed by atoms with E-state index >= 15 is 0 Å². The fraction of sp³-hybridized carbons (Fsp3) is 0.417. The van der Waals surface area contributed by atoms with Gasteiger partial charge in [0.15, 0.2) is 0 Å². The lowest BCUT2D eigenvalue weighted by Crippen LogP contribution is -2.31. The molecular formula is C12H17ClN4. The fourth-order valence-electron chi connectivity index (χ4n) is 1.98. The maximum absolute atomic E-state index is 5.90. The SMILES string of the molecule is CCN(C[C@H]1C=C(N)NC1)c1cccc(Cl)n1. The van der Waals surface area contributed by atoms with Crippen LogP contribution in [0.5, 0.6) is 0 Å². The zero-order chi connectivity index (χ0) is 12.3. The molecule has 1 aromatic heterocycles. The molecule has 4 nitrogen and oxygen atoms in total. The summed E-state index contributed by atoms with van der Waals surface area (Å²) in [6, 6.07) is 5.68. The Morgan fingerprint density at radius 1 is 1.59 bits per heavy atom. The highest BCUT2D eigenvalue weighted by Gasteiger charge is 2.17. The molecule has 5 heteroatoms. The first-order valence-electron chi connectivity index (χ1n) is 5.77. The molecule has 0 saturated carbocycles. The maximum Gasteiger partial charge on any atom is 0.131 e. The van der Waals surface area contributed by atoms with Crippen molar-refractivity contribution in [2.24, 2.45) is 11.7 Å². The average molecular weight is 253 g/mol. The van der Waals surface area contributed by atoms with Crippen LogP contribution in [0.15, 0.2) is 30.1 Å². The summed E-state index contributed by atoms with van der Waals surface area (Å²) in [6.45, 7) is 4.80. The summed E-state index contributed by atoms with van der Waals surface area (Å²) in [5, 5.41) is 3.66. The van der Waals surface area contributed by atoms with Gasteiger partial charge in [-0.15, -0.1) is 0 Å². The topological polar surface area (TPSA) is 54.2 Å². The Morgan fingerprint density at radius 2 is 2.41 bits per heavy atom. The molecule has 2 heterocycles. The molecule has 3 N–H and O–H groups in total. The highest BCUT2D eigenvalue weighted by Crippen LogP contribution is 2.17. The van der Waals surface area contributed by atoms with Gasteiger partial charge in [-0.2, -0.15) is 0 Å². The molecule has 0 spiro atoms. The molecular weight excluding hydrogens is 236 g/mol. The third-order valence-electron chi connectivity index (χ3n) is 2.84. The lowest BCUT2D eigenvalue weighted by atomic mass is 10.1. The van der Waals surface area contributed by atoms with E-state index in [1.165, 1.54) is 0 Å². The van der Waals surface area contributed by atoms with Crippen molar-refractivity contribution in [3.05, 3.63) is 35.2 Å². The number of hydrogen-bond donors (Lipinski definition) is 2. The molecule has 1 aliphatic rings. The molecule has 0 unspecified atom stereocenters. The van der Waals surface area contributed by atoms with E-state index < -0.39 is 0 Å². The molecule has 0 radical (unpaired) electrons. The number of pyridine rings is 1. The minimum atomic E-state index is 0.427. The highest BCUT2D eigenvalue weighted by atomic mass is 35.5. The summed E-state index contributed by atoms with van der Waals surface area (Å²) in [5.41, 5.74) is 5.70. The van der Waals surface area contributed by atoms with Crippen LogP contribution in [0.3, 0.4) is 0 Å². The molecule has 0 bridgehead atoms. The van der Waals surface area contributed by atoms with E-state index in [0.717, 1.165) is 31.3 Å². The van der Waals surface area contributed by atoms with Crippen LogP contribution in [0.25, 0.3) is 0 Å². The minimum Gasteiger partial charge on any atom is -0.386 e. The van der Waals surface area contributed by atoms with Crippen molar-refractivity contribution < 1.29 is 0 Å². The monoisotopic (exact) mass is 252 g/mol. The molecule has 0 saturated heterocycles. The van der Waals surface area contributed by atoms with Crippen LogP contribution < -0.4 is 16.0 Å². The smallest absolute Gasteiger partial charge is 0.131 e. The van der Waals surface area contributed by atoms with Gasteiger partial charge in [0.05, 0.1) is 5.82 Å². The highest BCUT2D eigenvalue weighted by molar-refractivity contribution is 6.29. The van der Waals surface area contributed by atoms with Crippen LogP contribution in [0.1, 0.15) is 6.92 Å². The first-order chi connectivity index (χ1) is 8.19. The Hall–Kier alpha value is -1.42. The Balaban J connectivity index is 2.06. The second kappa shape index (κ2) is 5.27. The molecule has 0 fully saturated rings. The molecule has 1 atom stereocenters. The molecule has 2 rings (SSSR count). The third kappa shape index (κ3) is 3.03. The van der Waals surface area contributed by atoms with E-state index in [1.807, 2.05) is 12.1 Å². The van der Waals surface area contributed by atoms with Gasteiger partial charge in [0.2, 0.25) is 0 Å². The van der Waals surface area contributed by atoms with Gasteiger partial charge in [-0.1, -0.05) is 17.7 Å². The van der Waals surface area contributed by atoms with Crippen LogP contribution in [0.2, 0.25) is 5.15 Å². The van der Waals surface area contributed by atoms with E-state index in [-0.39, 0.29) is 0 Å². The summed E-state index contributed by atoms with van der Waals surface area (Å²) in [7, 11) is 0. The van der Waals surface area contributed by atoms with Gasteiger partial charge in [0.25, 0.3) is 0 Å². The van der Waals surface area contributed by atoms with Crippen molar-refractivity contribution in [1.82, 2.24) is 10.3 Å². The van der Waals surface area contributed by atoms with E-state index in [9.17, 15) is 0 Å². The summed E-state index contributed by atoms with van der Waals surface area (Å²) >= 11 is 5.90. The van der Waals surface area contributed by atoms with E-state index in [1.54, 1.807) is 6.07 Å². The van der Waals surface area contributed by atoms with Crippen molar-refractivity contribution in [1.29, 1.82) is 0 Å². The molecule has 17 heavy (non-hydrogen) atoms. The Morgan fingerprint density at radius 3 is 3.00 bits per heavy atom. The summed E-state index contributed by atoms with van der Waals surface area (Å²) in [6.07, 6.45) is 2.06. The van der Waals surface area contributed by atoms with Crippen molar-refractivity contribution in [2.45, 2.75) is 6.92 Å². The average Bonchev–Trinajstić information content (AvgIpc) is 2.72. The van der Waals surface area contributed by atoms with Crippen molar-refractivity contribution in [3.63, 3.8) is 0 Å². The normalized spacial score (nSPS) is 18.7. The first-order valence-corrected chi connectivity index (χ1v) is 6.15. The number of rotatable bonds is 4. The van der Waals surface area contributed by atoms with Crippen molar-refractivity contribution in [2.75, 3.05) is 24.5 Å². The van der Waals surface area contributed by atoms with Crippen molar-refractivity contribution >= 4 is 17.4 Å². The Bertz CT molecular complexity index is 419. The summed E-state index contributed by atoms with van der Waals surface area (Å²) in [5.74, 6) is 2.11. The molecule has 92 valence electrons. The van der Waals surface area contributed by atoms with E-state index in [0.29, 0.717) is 11.1 Å². The van der Waals surface area contributed by atoms with Gasteiger partial charge in [0.1, 0.15) is 11.0 Å². The molecule has 1 aliphatic heterocycles. The maximum atomic E-state index is 5.90. The van der Waals surface area contributed by atoms with Crippen LogP contribution in [-0.4, -0.2) is 24.6 Å². The lowest BCUT2D eigenvalue weighted by molar-refractivity contribution is 0.620. The predicted octanol–water partition coefficient (Wildman–Crippen LogP) is 1.58. The number of nitrogens with one attached hydrogen (secondary N) is 1. The largest absolute Gasteiger partial charge is 0.386 e. The standard InChI is InChI=1S/C12H17ClN4/c1-2-17(8-9-6-11(14)15-7-9)12-5-3-4-10(13)16-12/h3-6,9,15H,2,7-8,14H2,1H3/t9-/m0/s1. The predicted molar refractivity (Wildman–Crippen MR) is 70.9 cm³/mol. The van der Waals surface area contributed by atoms with Crippen LogP contribution in [-0.2, 0) is 0 Å². The van der Waals surface area contributed by atoms with Gasteiger partial charge in [-0.05, 0) is 25.1 Å². The number of nitrogens with two attached hydrogens (primary N) is 1. The number of nitrogens with zero attached hydrogens (tertiary/aromatic N) is 2. The first kappa shape index (κ1) is 12.0. The zero-order valence-corrected chi connectivity index (χ0v) is 10.6. The van der Waals surface area contributed by atoms with Gasteiger partial charge in [-0.3, -0.25) is 0 Å². The summed E-state index contributed by atoms with van der Waals surface area (Å²) in [4.78, 5) is 6.53. The number of halogens is 1. The fourth-order valence-corrected chi connectivity index (χ4v) is 2.14. The van der Waals surface area contributed by atoms with Gasteiger partial charge >= 0.3 is 0 Å². The quantitative estimate of drug-likeness (QED) is 0.799.